The van der Waals surface area contributed by atoms with Crippen LogP contribution in [0.4, 0.5) is 0 Å². The lowest BCUT2D eigenvalue weighted by Gasteiger charge is -2.33. The number of benzene rings is 2. The van der Waals surface area contributed by atoms with Gasteiger partial charge in [0.05, 0.1) is 4.90 Å². The second kappa shape index (κ2) is 9.51. The summed E-state index contributed by atoms with van der Waals surface area (Å²) in [5.41, 5.74) is 2.02. The van der Waals surface area contributed by atoms with Gasteiger partial charge < -0.3 is 4.90 Å². The third-order valence-corrected chi connectivity index (χ3v) is 8.19. The van der Waals surface area contributed by atoms with Crippen LogP contribution in [0.1, 0.15) is 36.4 Å². The molecule has 0 saturated carbocycles. The van der Waals surface area contributed by atoms with Crippen molar-refractivity contribution in [1.29, 1.82) is 0 Å². The molecule has 2 aliphatic heterocycles. The zero-order valence-electron chi connectivity index (χ0n) is 18.1. The van der Waals surface area contributed by atoms with Crippen LogP contribution >= 0.6 is 0 Å². The van der Waals surface area contributed by atoms with E-state index in [0.717, 1.165) is 37.1 Å². The third kappa shape index (κ3) is 4.84. The molecule has 166 valence electrons. The molecular formula is C24H31N3O3S. The molecule has 0 radical (unpaired) electrons. The SMILES string of the molecule is Cc1ccc(S(=O)(=O)N2CCCN([C@H](C(=O)N3CCCC3)c3ccccc3)CC2)cc1. The Morgan fingerprint density at radius 1 is 0.806 bits per heavy atom. The highest BCUT2D eigenvalue weighted by Crippen LogP contribution is 2.27. The fourth-order valence-corrected chi connectivity index (χ4v) is 6.00. The molecule has 2 fully saturated rings. The van der Waals surface area contributed by atoms with Crippen LogP contribution in [0, 0.1) is 6.92 Å². The molecule has 7 heteroatoms. The van der Waals surface area contributed by atoms with E-state index in [1.165, 1.54) is 0 Å². The van der Waals surface area contributed by atoms with Gasteiger partial charge in [0.15, 0.2) is 0 Å². The minimum atomic E-state index is -3.54. The molecule has 0 unspecified atom stereocenters. The highest BCUT2D eigenvalue weighted by Gasteiger charge is 2.35. The zero-order chi connectivity index (χ0) is 21.8. The van der Waals surface area contributed by atoms with Gasteiger partial charge in [-0.1, -0.05) is 48.0 Å². The number of hydrogen-bond donors (Lipinski definition) is 0. The van der Waals surface area contributed by atoms with E-state index in [4.69, 9.17) is 0 Å². The highest BCUT2D eigenvalue weighted by atomic mass is 32.2. The van der Waals surface area contributed by atoms with Gasteiger partial charge in [0.1, 0.15) is 6.04 Å². The smallest absolute Gasteiger partial charge is 0.244 e. The Labute approximate surface area is 185 Å². The number of likely N-dealkylation sites (tertiary alicyclic amines) is 1. The number of carbonyl (C=O) groups is 1. The van der Waals surface area contributed by atoms with Crippen LogP contribution in [0.25, 0.3) is 0 Å². The van der Waals surface area contributed by atoms with Gasteiger partial charge in [0.25, 0.3) is 0 Å². The van der Waals surface area contributed by atoms with Crippen molar-refractivity contribution in [2.45, 2.75) is 37.1 Å². The maximum atomic E-state index is 13.4. The molecule has 1 amide bonds. The Kier molecular flexibility index (Phi) is 6.74. The van der Waals surface area contributed by atoms with Crippen molar-refractivity contribution < 1.29 is 13.2 Å². The molecule has 0 aliphatic carbocycles. The molecule has 0 aromatic heterocycles. The monoisotopic (exact) mass is 441 g/mol. The lowest BCUT2D eigenvalue weighted by molar-refractivity contribution is -0.136. The van der Waals surface area contributed by atoms with E-state index in [9.17, 15) is 13.2 Å². The summed E-state index contributed by atoms with van der Waals surface area (Å²) in [6.07, 6.45) is 2.80. The molecule has 0 spiro atoms. The highest BCUT2D eigenvalue weighted by molar-refractivity contribution is 7.89. The Morgan fingerprint density at radius 2 is 1.48 bits per heavy atom. The molecule has 2 aromatic carbocycles. The fourth-order valence-electron chi connectivity index (χ4n) is 4.53. The van der Waals surface area contributed by atoms with Gasteiger partial charge in [-0.3, -0.25) is 9.69 Å². The van der Waals surface area contributed by atoms with Crippen LogP contribution in [0.5, 0.6) is 0 Å². The first-order valence-electron chi connectivity index (χ1n) is 11.1. The topological polar surface area (TPSA) is 60.9 Å². The summed E-state index contributed by atoms with van der Waals surface area (Å²) in [5, 5.41) is 0. The largest absolute Gasteiger partial charge is 0.341 e. The zero-order valence-corrected chi connectivity index (χ0v) is 18.9. The standard InChI is InChI=1S/C24H31N3O3S/c1-20-10-12-22(13-11-20)31(29,30)27-17-7-16-25(18-19-27)23(21-8-3-2-4-9-21)24(28)26-14-5-6-15-26/h2-4,8-13,23H,5-7,14-19H2,1H3/t23-/m0/s1. The van der Waals surface area contributed by atoms with Crippen molar-refractivity contribution in [3.05, 3.63) is 65.7 Å². The quantitative estimate of drug-likeness (QED) is 0.716. The number of nitrogens with zero attached hydrogens (tertiary/aromatic N) is 3. The molecule has 2 aliphatic rings. The molecule has 6 nitrogen and oxygen atoms in total. The first kappa shape index (κ1) is 22.0. The molecular weight excluding hydrogens is 410 g/mol. The van der Waals surface area contributed by atoms with Crippen molar-refractivity contribution in [1.82, 2.24) is 14.1 Å². The van der Waals surface area contributed by atoms with E-state index < -0.39 is 10.0 Å². The van der Waals surface area contributed by atoms with E-state index in [1.807, 2.05) is 54.3 Å². The van der Waals surface area contributed by atoms with E-state index in [2.05, 4.69) is 4.90 Å². The lowest BCUT2D eigenvalue weighted by Crippen LogP contribution is -2.43. The van der Waals surface area contributed by atoms with Crippen molar-refractivity contribution >= 4 is 15.9 Å². The second-order valence-electron chi connectivity index (χ2n) is 8.45. The summed E-state index contributed by atoms with van der Waals surface area (Å²) in [6, 6.07) is 16.6. The third-order valence-electron chi connectivity index (χ3n) is 6.28. The van der Waals surface area contributed by atoms with E-state index in [-0.39, 0.29) is 11.9 Å². The first-order valence-corrected chi connectivity index (χ1v) is 12.6. The summed E-state index contributed by atoms with van der Waals surface area (Å²) in [5.74, 6) is 0.138. The summed E-state index contributed by atoms with van der Waals surface area (Å²) in [4.78, 5) is 17.9. The summed E-state index contributed by atoms with van der Waals surface area (Å²) >= 11 is 0. The number of amides is 1. The number of rotatable bonds is 5. The van der Waals surface area contributed by atoms with E-state index in [1.54, 1.807) is 16.4 Å². The molecule has 0 N–H and O–H groups in total. The summed E-state index contributed by atoms with van der Waals surface area (Å²) < 4.78 is 27.9. The predicted octanol–water partition coefficient (Wildman–Crippen LogP) is 3.06. The molecule has 0 bridgehead atoms. The molecule has 1 atom stereocenters. The predicted molar refractivity (Wildman–Crippen MR) is 121 cm³/mol. The van der Waals surface area contributed by atoms with Gasteiger partial charge in [-0.15, -0.1) is 0 Å². The van der Waals surface area contributed by atoms with Gasteiger partial charge in [-0.05, 0) is 43.9 Å². The van der Waals surface area contributed by atoms with Crippen LogP contribution in [0.2, 0.25) is 0 Å². The van der Waals surface area contributed by atoms with Gasteiger partial charge in [0, 0.05) is 39.3 Å². The van der Waals surface area contributed by atoms with Crippen LogP contribution in [-0.4, -0.2) is 67.7 Å². The van der Waals surface area contributed by atoms with Gasteiger partial charge >= 0.3 is 0 Å². The van der Waals surface area contributed by atoms with Crippen molar-refractivity contribution in [3.63, 3.8) is 0 Å². The molecule has 2 saturated heterocycles. The van der Waals surface area contributed by atoms with Crippen LogP contribution in [0.3, 0.4) is 0 Å². The van der Waals surface area contributed by atoms with Crippen molar-refractivity contribution in [3.8, 4) is 0 Å². The maximum absolute atomic E-state index is 13.4. The Balaban J connectivity index is 1.55. The fraction of sp³-hybridized carbons (Fsp3) is 0.458. The van der Waals surface area contributed by atoms with Gasteiger partial charge in [-0.25, -0.2) is 8.42 Å². The Morgan fingerprint density at radius 3 is 2.16 bits per heavy atom. The number of aryl methyl sites for hydroxylation is 1. The molecule has 4 rings (SSSR count). The minimum Gasteiger partial charge on any atom is -0.341 e. The molecule has 31 heavy (non-hydrogen) atoms. The normalized spacial score (nSPS) is 19.8. The molecule has 2 heterocycles. The number of sulfonamides is 1. The summed E-state index contributed by atoms with van der Waals surface area (Å²) in [7, 11) is -3.54. The lowest BCUT2D eigenvalue weighted by atomic mass is 10.0. The maximum Gasteiger partial charge on any atom is 0.244 e. The summed E-state index contributed by atoms with van der Waals surface area (Å²) in [6.45, 7) is 5.64. The first-order chi connectivity index (χ1) is 15.0. The number of hydrogen-bond acceptors (Lipinski definition) is 4. The van der Waals surface area contributed by atoms with Crippen molar-refractivity contribution in [2.75, 3.05) is 39.3 Å². The van der Waals surface area contributed by atoms with Crippen LogP contribution in [0.15, 0.2) is 59.5 Å². The average molecular weight is 442 g/mol. The number of carbonyl (C=O) groups excluding carboxylic acids is 1. The van der Waals surface area contributed by atoms with Crippen molar-refractivity contribution in [2.24, 2.45) is 0 Å². The van der Waals surface area contributed by atoms with Gasteiger partial charge in [0.2, 0.25) is 15.9 Å². The molecule has 2 aromatic rings. The van der Waals surface area contributed by atoms with Crippen LogP contribution < -0.4 is 0 Å². The van der Waals surface area contributed by atoms with E-state index >= 15 is 0 Å². The van der Waals surface area contributed by atoms with Crippen LogP contribution in [-0.2, 0) is 14.8 Å². The Hall–Kier alpha value is -2.22. The van der Waals surface area contributed by atoms with Gasteiger partial charge in [-0.2, -0.15) is 4.31 Å². The Bertz CT molecular complexity index is 986. The second-order valence-corrected chi connectivity index (χ2v) is 10.4. The van der Waals surface area contributed by atoms with E-state index in [0.29, 0.717) is 37.5 Å². The minimum absolute atomic E-state index is 0.138. The average Bonchev–Trinajstić information content (AvgIpc) is 3.21.